The van der Waals surface area contributed by atoms with Crippen molar-refractivity contribution >= 4 is 8.80 Å². The molecule has 0 aromatic heterocycles. The molecule has 0 atom stereocenters. The molecule has 0 aliphatic carbocycles. The Balaban J connectivity index is 6.07. The lowest BCUT2D eigenvalue weighted by molar-refractivity contribution is 0.0406. The predicted molar refractivity (Wildman–Crippen MR) is 136 cm³/mol. The summed E-state index contributed by atoms with van der Waals surface area (Å²) in [6.45, 7) is 31.5. The van der Waals surface area contributed by atoms with Crippen LogP contribution in [0.15, 0.2) is 0 Å². The summed E-state index contributed by atoms with van der Waals surface area (Å²) in [6, 6.07) is 0.881. The van der Waals surface area contributed by atoms with E-state index in [4.69, 9.17) is 13.3 Å². The first-order valence-electron chi connectivity index (χ1n) is 13.0. The number of rotatable bonds is 21. The third-order valence-corrected chi connectivity index (χ3v) is 9.46. The van der Waals surface area contributed by atoms with Gasteiger partial charge in [0.15, 0.2) is 0 Å². The van der Waals surface area contributed by atoms with Crippen LogP contribution in [0.2, 0.25) is 6.04 Å². The minimum atomic E-state index is -2.68. The molecule has 7 heteroatoms. The standard InChI is InChI=1S/C24H55N3O3Si/c1-10-25(11-2)21-24(22-26(12-3)13-4,23-27(14-5)15-6)19-20-31(28-16-7,29-17-8)30-18-9/h10-23H2,1-9H3. The zero-order valence-electron chi connectivity index (χ0n) is 22.5. The van der Waals surface area contributed by atoms with Crippen LogP contribution in [-0.2, 0) is 13.3 Å². The van der Waals surface area contributed by atoms with Gasteiger partial charge >= 0.3 is 8.80 Å². The van der Waals surface area contributed by atoms with E-state index in [1.54, 1.807) is 0 Å². The Kier molecular flexibility index (Phi) is 17.4. The first-order chi connectivity index (χ1) is 14.9. The van der Waals surface area contributed by atoms with E-state index in [0.717, 1.165) is 71.4 Å². The van der Waals surface area contributed by atoms with Crippen molar-refractivity contribution in [2.24, 2.45) is 5.41 Å². The summed E-state index contributed by atoms with van der Waals surface area (Å²) in [4.78, 5) is 7.79. The molecule has 0 N–H and O–H groups in total. The quantitative estimate of drug-likeness (QED) is 0.235. The topological polar surface area (TPSA) is 37.4 Å². The summed E-state index contributed by atoms with van der Waals surface area (Å²) < 4.78 is 18.7. The molecule has 0 aliphatic rings. The lowest BCUT2D eigenvalue weighted by Crippen LogP contribution is -2.54. The van der Waals surface area contributed by atoms with Crippen molar-refractivity contribution in [3.8, 4) is 0 Å². The SMILES string of the molecule is CCO[Si](CCC(CN(CC)CC)(CN(CC)CC)CN(CC)CC)(OCC)OCC. The Morgan fingerprint density at radius 1 is 0.516 bits per heavy atom. The Morgan fingerprint density at radius 3 is 1.03 bits per heavy atom. The van der Waals surface area contributed by atoms with E-state index >= 15 is 0 Å². The van der Waals surface area contributed by atoms with Crippen LogP contribution in [0.4, 0.5) is 0 Å². The normalized spacial score (nSPS) is 13.2. The van der Waals surface area contributed by atoms with Gasteiger partial charge in [0, 0.05) is 50.9 Å². The minimum absolute atomic E-state index is 0.146. The van der Waals surface area contributed by atoms with Gasteiger partial charge < -0.3 is 28.0 Å². The summed E-state index contributed by atoms with van der Waals surface area (Å²) in [5.41, 5.74) is 0.146. The van der Waals surface area contributed by atoms with Gasteiger partial charge in [-0.25, -0.2) is 0 Å². The monoisotopic (exact) mass is 461 g/mol. The first-order valence-corrected chi connectivity index (χ1v) is 14.9. The molecule has 0 heterocycles. The summed E-state index contributed by atoms with van der Waals surface area (Å²) >= 11 is 0. The van der Waals surface area contributed by atoms with E-state index in [1.807, 2.05) is 0 Å². The van der Waals surface area contributed by atoms with Crippen LogP contribution < -0.4 is 0 Å². The molecule has 0 rings (SSSR count). The largest absolute Gasteiger partial charge is 0.500 e. The van der Waals surface area contributed by atoms with Crippen LogP contribution in [0.25, 0.3) is 0 Å². The summed E-state index contributed by atoms with van der Waals surface area (Å²) in [7, 11) is -2.68. The molecule has 6 nitrogen and oxygen atoms in total. The Bertz CT molecular complexity index is 364. The molecule has 0 amide bonds. The van der Waals surface area contributed by atoms with Gasteiger partial charge in [0.1, 0.15) is 0 Å². The molecule has 0 radical (unpaired) electrons. The van der Waals surface area contributed by atoms with Crippen LogP contribution in [0, 0.1) is 5.41 Å². The van der Waals surface area contributed by atoms with Crippen LogP contribution in [0.1, 0.15) is 68.7 Å². The molecule has 0 bridgehead atoms. The van der Waals surface area contributed by atoms with Crippen molar-refractivity contribution in [1.29, 1.82) is 0 Å². The lowest BCUT2D eigenvalue weighted by Gasteiger charge is -2.45. The fourth-order valence-electron chi connectivity index (χ4n) is 4.57. The van der Waals surface area contributed by atoms with Crippen molar-refractivity contribution < 1.29 is 13.3 Å². The van der Waals surface area contributed by atoms with Crippen molar-refractivity contribution in [1.82, 2.24) is 14.7 Å². The summed E-state index contributed by atoms with van der Waals surface area (Å²) in [5, 5.41) is 0. The molecule has 188 valence electrons. The van der Waals surface area contributed by atoms with Crippen LogP contribution in [0.5, 0.6) is 0 Å². The highest BCUT2D eigenvalue weighted by Gasteiger charge is 2.44. The van der Waals surface area contributed by atoms with E-state index in [2.05, 4.69) is 77.0 Å². The second kappa shape index (κ2) is 17.5. The van der Waals surface area contributed by atoms with E-state index in [0.29, 0.717) is 19.8 Å². The molecule has 0 aliphatic heterocycles. The van der Waals surface area contributed by atoms with Crippen molar-refractivity contribution in [2.75, 3.05) is 78.7 Å². The van der Waals surface area contributed by atoms with E-state index in [-0.39, 0.29) is 5.41 Å². The van der Waals surface area contributed by atoms with Gasteiger partial charge in [-0.15, -0.1) is 0 Å². The predicted octanol–water partition coefficient (Wildman–Crippen LogP) is 4.44. The third kappa shape index (κ3) is 11.1. The maximum absolute atomic E-state index is 6.23. The highest BCUT2D eigenvalue weighted by molar-refractivity contribution is 6.60. The van der Waals surface area contributed by atoms with Crippen molar-refractivity contribution in [2.45, 2.75) is 74.8 Å². The lowest BCUT2D eigenvalue weighted by atomic mass is 9.82. The van der Waals surface area contributed by atoms with Gasteiger partial charge in [-0.2, -0.15) is 0 Å². The molecule has 31 heavy (non-hydrogen) atoms. The number of hydrogen-bond donors (Lipinski definition) is 0. The third-order valence-electron chi connectivity index (χ3n) is 6.41. The van der Waals surface area contributed by atoms with Crippen molar-refractivity contribution in [3.63, 3.8) is 0 Å². The molecule has 0 aromatic carbocycles. The van der Waals surface area contributed by atoms with Gasteiger partial charge in [-0.3, -0.25) is 0 Å². The van der Waals surface area contributed by atoms with Gasteiger partial charge in [-0.05, 0) is 66.5 Å². The van der Waals surface area contributed by atoms with Gasteiger partial charge in [0.2, 0.25) is 0 Å². The fourth-order valence-corrected chi connectivity index (χ4v) is 7.41. The Hall–Kier alpha value is -0.0231. The fraction of sp³-hybridized carbons (Fsp3) is 1.00. The molecule has 0 saturated heterocycles. The molecule has 0 saturated carbocycles. The number of hydrogen-bond acceptors (Lipinski definition) is 6. The molecular formula is C24H55N3O3Si. The zero-order valence-corrected chi connectivity index (χ0v) is 23.5. The maximum atomic E-state index is 6.23. The van der Waals surface area contributed by atoms with E-state index in [9.17, 15) is 0 Å². The average Bonchev–Trinajstić information content (AvgIpc) is 2.78. The molecule has 0 spiro atoms. The second-order valence-corrected chi connectivity index (χ2v) is 11.1. The highest BCUT2D eigenvalue weighted by atomic mass is 28.4. The summed E-state index contributed by atoms with van der Waals surface area (Å²) in [5.74, 6) is 0. The van der Waals surface area contributed by atoms with Gasteiger partial charge in [0.05, 0.1) is 0 Å². The molecule has 0 aromatic rings. The smallest absolute Gasteiger partial charge is 0.374 e. The highest BCUT2D eigenvalue weighted by Crippen LogP contribution is 2.33. The van der Waals surface area contributed by atoms with Gasteiger partial charge in [0.25, 0.3) is 0 Å². The molecule has 0 fully saturated rings. The molecular weight excluding hydrogens is 406 g/mol. The Morgan fingerprint density at radius 2 is 0.806 bits per heavy atom. The second-order valence-electron chi connectivity index (χ2n) is 8.37. The Labute approximate surface area is 196 Å². The minimum Gasteiger partial charge on any atom is -0.374 e. The van der Waals surface area contributed by atoms with Crippen LogP contribution in [0.3, 0.4) is 0 Å². The average molecular weight is 462 g/mol. The van der Waals surface area contributed by atoms with Crippen molar-refractivity contribution in [3.05, 3.63) is 0 Å². The van der Waals surface area contributed by atoms with Crippen LogP contribution in [-0.4, -0.2) is 102 Å². The van der Waals surface area contributed by atoms with Crippen LogP contribution >= 0.6 is 0 Å². The zero-order chi connectivity index (χ0) is 23.8. The van der Waals surface area contributed by atoms with E-state index < -0.39 is 8.80 Å². The summed E-state index contributed by atoms with van der Waals surface area (Å²) in [6.07, 6.45) is 1.06. The maximum Gasteiger partial charge on any atom is 0.500 e. The first kappa shape index (κ1) is 31.0. The number of nitrogens with zero attached hydrogens (tertiary/aromatic N) is 3. The van der Waals surface area contributed by atoms with Gasteiger partial charge in [-0.1, -0.05) is 41.5 Å². The molecule has 0 unspecified atom stereocenters. The van der Waals surface area contributed by atoms with E-state index in [1.165, 1.54) is 0 Å².